The number of piperazine rings is 1. The molecule has 2 aromatic heterocycles. The minimum Gasteiger partial charge on any atom is -0.494 e. The molecule has 400 valence electrons. The molecule has 22 heteroatoms. The highest BCUT2D eigenvalue weighted by atomic mass is 16.5. The molecule has 0 saturated carbocycles. The number of nitrogens with zero attached hydrogens (tertiary/aromatic N) is 8. The summed E-state index contributed by atoms with van der Waals surface area (Å²) in [5.41, 5.74) is 0.777. The summed E-state index contributed by atoms with van der Waals surface area (Å²) in [5, 5.41) is 19.1. The van der Waals surface area contributed by atoms with Gasteiger partial charge < -0.3 is 61.0 Å². The lowest BCUT2D eigenvalue weighted by atomic mass is 9.85. The molecule has 0 unspecified atom stereocenters. The number of carbonyl (C=O) groups is 6. The predicted octanol–water partition coefficient (Wildman–Crippen LogP) is 3.05. The minimum absolute atomic E-state index is 0.305. The summed E-state index contributed by atoms with van der Waals surface area (Å²) in [6.45, 7) is 17.7. The zero-order valence-corrected chi connectivity index (χ0v) is 44.8. The monoisotopic (exact) mass is 1020 g/mol. The number of fused-ring (bicyclic) bond motifs is 2. The lowest BCUT2D eigenvalue weighted by Gasteiger charge is -2.37. The first-order valence-electron chi connectivity index (χ1n) is 25.4. The van der Waals surface area contributed by atoms with Crippen LogP contribution in [0.2, 0.25) is 0 Å². The average Bonchev–Trinajstić information content (AvgIpc) is 4.09. The van der Waals surface area contributed by atoms with E-state index < -0.39 is 47.1 Å². The summed E-state index contributed by atoms with van der Waals surface area (Å²) in [6.07, 6.45) is 5.15. The smallest absolute Gasteiger partial charge is 0.247 e. The largest absolute Gasteiger partial charge is 0.494 e. The van der Waals surface area contributed by atoms with E-state index in [1.54, 1.807) is 62.0 Å². The maximum Gasteiger partial charge on any atom is 0.247 e. The summed E-state index contributed by atoms with van der Waals surface area (Å²) in [7, 11) is 6.39. The number of rotatable bonds is 16. The molecule has 6 atom stereocenters. The molecule has 0 spiro atoms. The molecule has 3 saturated heterocycles. The molecule has 7 rings (SSSR count). The number of likely N-dealkylation sites (N-methyl/N-ethyl adjacent to an activating group) is 2. The number of hydrogen-bond acceptors (Lipinski definition) is 16. The molecule has 3 fully saturated rings. The minimum atomic E-state index is -0.854. The van der Waals surface area contributed by atoms with E-state index in [0.29, 0.717) is 121 Å². The highest BCUT2D eigenvalue weighted by Gasteiger charge is 2.44. The third kappa shape index (κ3) is 11.7. The van der Waals surface area contributed by atoms with Crippen molar-refractivity contribution in [2.24, 2.45) is 10.8 Å². The maximum atomic E-state index is 14.2. The Kier molecular flexibility index (Phi) is 16.8. The molecule has 0 radical (unpaired) electrons. The lowest BCUT2D eigenvalue weighted by molar-refractivity contribution is -0.143. The Morgan fingerprint density at radius 2 is 0.932 bits per heavy atom. The fourth-order valence-electron chi connectivity index (χ4n) is 9.77. The van der Waals surface area contributed by atoms with E-state index in [4.69, 9.17) is 19.4 Å². The number of carbonyl (C=O) groups excluding carboxylic acids is 6. The van der Waals surface area contributed by atoms with Crippen molar-refractivity contribution < 1.29 is 38.2 Å². The molecule has 3 aliphatic rings. The maximum absolute atomic E-state index is 14.2. The molecule has 6 N–H and O–H groups in total. The average molecular weight is 1020 g/mol. The van der Waals surface area contributed by atoms with Crippen LogP contribution in [0, 0.1) is 10.8 Å². The Labute approximate surface area is 432 Å². The van der Waals surface area contributed by atoms with Gasteiger partial charge in [-0.05, 0) is 76.6 Å². The van der Waals surface area contributed by atoms with E-state index in [2.05, 4.69) is 51.7 Å². The van der Waals surface area contributed by atoms with E-state index in [9.17, 15) is 28.8 Å². The van der Waals surface area contributed by atoms with Crippen LogP contribution in [0.3, 0.4) is 0 Å². The Bertz CT molecular complexity index is 2570. The number of ether oxygens (including phenoxy) is 2. The third-order valence-electron chi connectivity index (χ3n) is 14.4. The SMILES string of the molecule is CN[C@@H](C)C(=O)N[C@H](C(=O)N1CCC[C@H]1C(=O)Nc1cc2c(N3CCN(c4ncnc5cc(OC)c(NC(=O)[C@@H]6CCCN6C(=O)[C@@H](NC(=O)[C@H](C)NC)C(C)(C)C)cc45)CC3)ncnc2cc1OC)C(C)(C)C. The highest BCUT2D eigenvalue weighted by molar-refractivity contribution is 6.05. The van der Waals surface area contributed by atoms with Crippen LogP contribution in [0.1, 0.15) is 81.1 Å². The first-order valence-corrected chi connectivity index (χ1v) is 25.4. The number of aromatic nitrogens is 4. The molecular weight excluding hydrogens is 949 g/mol. The van der Waals surface area contributed by atoms with Crippen molar-refractivity contribution >= 4 is 80.3 Å². The van der Waals surface area contributed by atoms with Gasteiger partial charge in [0.15, 0.2) is 0 Å². The summed E-state index contributed by atoms with van der Waals surface area (Å²) >= 11 is 0. The molecule has 74 heavy (non-hydrogen) atoms. The van der Waals surface area contributed by atoms with Gasteiger partial charge in [0.05, 0.1) is 48.7 Å². The molecule has 5 heterocycles. The quantitative estimate of drug-likeness (QED) is 0.0943. The Morgan fingerprint density at radius 3 is 1.26 bits per heavy atom. The zero-order chi connectivity index (χ0) is 53.8. The second kappa shape index (κ2) is 22.7. The van der Waals surface area contributed by atoms with Crippen molar-refractivity contribution in [3.8, 4) is 11.5 Å². The lowest BCUT2D eigenvalue weighted by Crippen LogP contribution is -2.59. The fourth-order valence-corrected chi connectivity index (χ4v) is 9.77. The third-order valence-corrected chi connectivity index (χ3v) is 14.4. The number of anilines is 4. The highest BCUT2D eigenvalue weighted by Crippen LogP contribution is 2.38. The normalized spacial score (nSPS) is 18.9. The fraction of sp³-hybridized carbons (Fsp3) is 0.577. The topological polar surface area (TPSA) is 258 Å². The molecular formula is C52H74N14O8. The first-order chi connectivity index (χ1) is 35.1. The van der Waals surface area contributed by atoms with Crippen molar-refractivity contribution in [3.63, 3.8) is 0 Å². The van der Waals surface area contributed by atoms with E-state index in [1.807, 2.05) is 41.5 Å². The van der Waals surface area contributed by atoms with Crippen LogP contribution >= 0.6 is 0 Å². The summed E-state index contributed by atoms with van der Waals surface area (Å²) in [4.78, 5) is 109. The summed E-state index contributed by atoms with van der Waals surface area (Å²) < 4.78 is 11.5. The van der Waals surface area contributed by atoms with Gasteiger partial charge in [0.25, 0.3) is 0 Å². The second-order valence-electron chi connectivity index (χ2n) is 21.5. The van der Waals surface area contributed by atoms with Crippen LogP contribution in [-0.4, -0.2) is 169 Å². The van der Waals surface area contributed by atoms with Crippen LogP contribution in [0.5, 0.6) is 11.5 Å². The number of benzene rings is 2. The van der Waals surface area contributed by atoms with Crippen molar-refractivity contribution in [2.45, 2.75) is 117 Å². The van der Waals surface area contributed by atoms with E-state index in [1.165, 1.54) is 26.9 Å². The molecule has 3 aliphatic heterocycles. The number of likely N-dealkylation sites (tertiary alicyclic amines) is 2. The van der Waals surface area contributed by atoms with Gasteiger partial charge in [-0.25, -0.2) is 19.9 Å². The van der Waals surface area contributed by atoms with Crippen LogP contribution < -0.4 is 51.2 Å². The second-order valence-corrected chi connectivity index (χ2v) is 21.5. The molecule has 0 bridgehead atoms. The van der Waals surface area contributed by atoms with Gasteiger partial charge >= 0.3 is 0 Å². The Hall–Kier alpha value is -6.94. The number of nitrogens with one attached hydrogen (secondary N) is 6. The number of methoxy groups -OCH3 is 2. The molecule has 0 aliphatic carbocycles. The van der Waals surface area contributed by atoms with Crippen molar-refractivity contribution in [3.05, 3.63) is 36.9 Å². The van der Waals surface area contributed by atoms with Crippen LogP contribution in [-0.2, 0) is 28.8 Å². The molecule has 22 nitrogen and oxygen atoms in total. The summed E-state index contributed by atoms with van der Waals surface area (Å²) in [5.74, 6) is 0.123. The van der Waals surface area contributed by atoms with Gasteiger partial charge in [-0.1, -0.05) is 41.5 Å². The molecule has 4 aromatic rings. The van der Waals surface area contributed by atoms with Gasteiger partial charge in [0.2, 0.25) is 35.4 Å². The predicted molar refractivity (Wildman–Crippen MR) is 283 cm³/mol. The van der Waals surface area contributed by atoms with Gasteiger partial charge in [0, 0.05) is 62.2 Å². The van der Waals surface area contributed by atoms with Gasteiger partial charge in [-0.3, -0.25) is 28.8 Å². The van der Waals surface area contributed by atoms with Gasteiger partial charge in [-0.2, -0.15) is 0 Å². The Balaban J connectivity index is 1.07. The van der Waals surface area contributed by atoms with E-state index in [-0.39, 0.29) is 35.4 Å². The van der Waals surface area contributed by atoms with E-state index >= 15 is 0 Å². The molecule has 2 aromatic carbocycles. The van der Waals surface area contributed by atoms with Gasteiger partial charge in [-0.15, -0.1) is 0 Å². The van der Waals surface area contributed by atoms with E-state index in [0.717, 1.165) is 0 Å². The van der Waals surface area contributed by atoms with Crippen molar-refractivity contribution in [1.29, 1.82) is 0 Å². The standard InChI is InChI=1S/C52H74N14O8/c1-29(53-9)45(67)61-41(51(3,4)5)49(71)65-17-13-15-37(65)47(69)59-35-23-31-33(25-39(35)73-11)55-27-57-43(31)63-19-21-64(22-20-63)44-32-24-36(40(74-12)26-34(32)56-28-58-44)60-48(70)38-16-14-18-66(38)50(72)42(52(6,7)8)62-46(68)30(2)54-10/h23-30,37-38,41-42,53-54H,13-22H2,1-12H3,(H,59,69)(H,60,70)(H,61,67)(H,62,68)/t29-,30-,37-,38-,41+,42+/m0/s1. The Morgan fingerprint density at radius 1 is 0.568 bits per heavy atom. The molecule has 6 amide bonds. The summed E-state index contributed by atoms with van der Waals surface area (Å²) in [6, 6.07) is 2.85. The van der Waals surface area contributed by atoms with Crippen LogP contribution in [0.4, 0.5) is 23.0 Å². The number of hydrogen-bond donors (Lipinski definition) is 6. The first kappa shape index (κ1) is 54.8. The van der Waals surface area contributed by atoms with Crippen LogP contribution in [0.25, 0.3) is 21.8 Å². The van der Waals surface area contributed by atoms with Crippen molar-refractivity contribution in [2.75, 3.05) is 88.0 Å². The van der Waals surface area contributed by atoms with Crippen molar-refractivity contribution in [1.82, 2.24) is 51.0 Å². The van der Waals surface area contributed by atoms with Crippen LogP contribution in [0.15, 0.2) is 36.9 Å². The number of amides is 6. The van der Waals surface area contributed by atoms with Gasteiger partial charge in [0.1, 0.15) is 60.0 Å². The zero-order valence-electron chi connectivity index (χ0n) is 44.8.